The highest BCUT2D eigenvalue weighted by atomic mass is 15.2. The van der Waals surface area contributed by atoms with Gasteiger partial charge in [-0.1, -0.05) is 100.0 Å². The maximum atomic E-state index is 6.43. The molecule has 5 aliphatic rings. The van der Waals surface area contributed by atoms with Crippen LogP contribution in [0.3, 0.4) is 0 Å². The van der Waals surface area contributed by atoms with Crippen molar-refractivity contribution in [1.29, 1.82) is 0 Å². The highest BCUT2D eigenvalue weighted by molar-refractivity contribution is 5.94. The van der Waals surface area contributed by atoms with Crippen LogP contribution in [0.2, 0.25) is 0 Å². The Hall–Kier alpha value is -2.85. The van der Waals surface area contributed by atoms with E-state index < -0.39 is 0 Å². The molecule has 1 aromatic carbocycles. The van der Waals surface area contributed by atoms with Crippen LogP contribution in [-0.2, 0) is 11.8 Å². The molecule has 0 radical (unpaired) electrons. The van der Waals surface area contributed by atoms with Gasteiger partial charge in [0.05, 0.1) is 0 Å². The molecule has 0 bridgehead atoms. The first-order valence-corrected chi connectivity index (χ1v) is 19.2. The number of hydrazine groups is 1. The smallest absolute Gasteiger partial charge is 0.0488 e. The second kappa shape index (κ2) is 20.1. The first-order valence-electron chi connectivity index (χ1n) is 19.2. The number of rotatable bonds is 5. The van der Waals surface area contributed by atoms with Crippen LogP contribution in [0.5, 0.6) is 0 Å². The minimum atomic E-state index is 0. The SMILES string of the molecule is C.C=C.C=CCC.C=CN=C(C1CCCC2(C)C3=C(CCC(N)=C3)CCC12)[C@@]1(C)CCCC2(C)c3cc(NN)ccc3CCC21.CC.CC. The van der Waals surface area contributed by atoms with E-state index in [1.54, 1.807) is 11.1 Å². The van der Waals surface area contributed by atoms with Crippen LogP contribution in [0, 0.1) is 28.6 Å². The molecule has 1 aromatic rings. The van der Waals surface area contributed by atoms with Crippen LogP contribution >= 0.6 is 0 Å². The van der Waals surface area contributed by atoms with Crippen LogP contribution in [0.1, 0.15) is 151 Å². The van der Waals surface area contributed by atoms with Crippen LogP contribution in [0.15, 0.2) is 84.7 Å². The van der Waals surface area contributed by atoms with Crippen LogP contribution in [0.25, 0.3) is 0 Å². The van der Waals surface area contributed by atoms with E-state index >= 15 is 0 Å². The van der Waals surface area contributed by atoms with Gasteiger partial charge in [0.2, 0.25) is 0 Å². The van der Waals surface area contributed by atoms with Gasteiger partial charge in [0.1, 0.15) is 0 Å². The fourth-order valence-corrected chi connectivity index (χ4v) is 10.3. The third-order valence-electron chi connectivity index (χ3n) is 12.3. The average molecular weight is 673 g/mol. The molecular formula is C45H76N4. The maximum absolute atomic E-state index is 6.43. The number of nitrogens with zero attached hydrogens (tertiary/aromatic N) is 1. The number of fused-ring (bicyclic) bond motifs is 5. The van der Waals surface area contributed by atoms with Gasteiger partial charge in [0.15, 0.2) is 0 Å². The third-order valence-corrected chi connectivity index (χ3v) is 12.3. The Morgan fingerprint density at radius 2 is 1.57 bits per heavy atom. The highest BCUT2D eigenvalue weighted by Gasteiger charge is 2.57. The second-order valence-electron chi connectivity index (χ2n) is 14.5. The van der Waals surface area contributed by atoms with Crippen molar-refractivity contribution >= 4 is 11.4 Å². The molecular weight excluding hydrogens is 597 g/mol. The zero-order chi connectivity index (χ0) is 36.1. The van der Waals surface area contributed by atoms with Gasteiger partial charge in [-0.15, -0.1) is 19.7 Å². The number of nitrogen functional groups attached to an aromatic ring is 1. The molecule has 5 aliphatic carbocycles. The van der Waals surface area contributed by atoms with Crippen molar-refractivity contribution in [2.75, 3.05) is 5.43 Å². The van der Waals surface area contributed by atoms with Gasteiger partial charge in [0, 0.05) is 34.6 Å². The highest BCUT2D eigenvalue weighted by Crippen LogP contribution is 2.63. The molecule has 0 saturated heterocycles. The van der Waals surface area contributed by atoms with E-state index in [0.717, 1.165) is 37.1 Å². The third kappa shape index (κ3) is 8.73. The fraction of sp³-hybridized carbons (Fsp3) is 0.622. The van der Waals surface area contributed by atoms with Crippen molar-refractivity contribution in [3.8, 4) is 0 Å². The zero-order valence-corrected chi connectivity index (χ0v) is 32.3. The molecule has 5 N–H and O–H groups in total. The van der Waals surface area contributed by atoms with E-state index in [9.17, 15) is 0 Å². The number of hydrogen-bond acceptors (Lipinski definition) is 4. The number of nitrogens with one attached hydrogen (secondary N) is 1. The summed E-state index contributed by atoms with van der Waals surface area (Å²) in [5.74, 6) is 7.58. The molecule has 6 atom stereocenters. The largest absolute Gasteiger partial charge is 0.402 e. The molecule has 4 nitrogen and oxygen atoms in total. The standard InChI is InChI=1S/C34H48N4.C4H8.2C2H6.C2H4.CH4/c1-5-37-31(26-8-6-17-32(2)27(26)15-11-22-9-13-24(35)20-28(22)32)34(4)19-7-18-33(3)29-21-25(38-36)14-10-23(29)12-16-30(33)34;1-3-4-2;3*1-2;/h5,10,14,20-21,26-27,30,38H,1,6-9,11-13,15-19,35-36H2,2-4H3;3H,1,4H2,2H3;2*1-2H3;1-2H2;1H4/t26?,27?,30?,32?,33?,34-;;;;;/m0...../s1. The Morgan fingerprint density at radius 1 is 0.918 bits per heavy atom. The Balaban J connectivity index is 0.000000990. The Kier molecular flexibility index (Phi) is 18.1. The van der Waals surface area contributed by atoms with Crippen LogP contribution in [-0.4, -0.2) is 5.71 Å². The fourth-order valence-electron chi connectivity index (χ4n) is 10.3. The van der Waals surface area contributed by atoms with Crippen molar-refractivity contribution in [2.45, 2.75) is 152 Å². The van der Waals surface area contributed by atoms with Gasteiger partial charge < -0.3 is 11.2 Å². The van der Waals surface area contributed by atoms with E-state index in [0.29, 0.717) is 17.8 Å². The number of hydrogen-bond donors (Lipinski definition) is 3. The monoisotopic (exact) mass is 673 g/mol. The first-order chi connectivity index (χ1) is 23.2. The summed E-state index contributed by atoms with van der Waals surface area (Å²) in [4.78, 5) is 5.29. The van der Waals surface area contributed by atoms with E-state index in [4.69, 9.17) is 16.6 Å². The van der Waals surface area contributed by atoms with Crippen molar-refractivity contribution < 1.29 is 0 Å². The van der Waals surface area contributed by atoms with Gasteiger partial charge in [-0.3, -0.25) is 10.8 Å². The summed E-state index contributed by atoms with van der Waals surface area (Å²) < 4.78 is 0. The molecule has 0 spiro atoms. The van der Waals surface area contributed by atoms with E-state index in [1.807, 2.05) is 40.0 Å². The summed E-state index contributed by atoms with van der Waals surface area (Å²) in [6.07, 6.45) is 21.8. The topological polar surface area (TPSA) is 76.4 Å². The minimum absolute atomic E-state index is 0. The molecule has 2 fully saturated rings. The number of nitrogens with two attached hydrogens (primary N) is 2. The normalized spacial score (nSPS) is 30.9. The minimum Gasteiger partial charge on any atom is -0.402 e. The second-order valence-corrected chi connectivity index (χ2v) is 14.5. The number of aryl methyl sites for hydroxylation is 1. The Morgan fingerprint density at radius 3 is 2.18 bits per heavy atom. The van der Waals surface area contributed by atoms with Crippen molar-refractivity contribution in [3.63, 3.8) is 0 Å². The number of benzene rings is 1. The molecule has 4 heteroatoms. The number of anilines is 1. The summed E-state index contributed by atoms with van der Waals surface area (Å²) >= 11 is 0. The molecule has 0 amide bonds. The lowest BCUT2D eigenvalue weighted by atomic mass is 9.45. The molecule has 6 rings (SSSR count). The molecule has 2 saturated carbocycles. The molecule has 0 heterocycles. The summed E-state index contributed by atoms with van der Waals surface area (Å²) in [6.45, 7) is 31.4. The molecule has 276 valence electrons. The van der Waals surface area contributed by atoms with Gasteiger partial charge in [-0.25, -0.2) is 0 Å². The predicted molar refractivity (Wildman–Crippen MR) is 221 cm³/mol. The maximum Gasteiger partial charge on any atom is 0.0488 e. The molecule has 0 aliphatic heterocycles. The lowest BCUT2D eigenvalue weighted by Crippen LogP contribution is -2.56. The van der Waals surface area contributed by atoms with Gasteiger partial charge in [-0.05, 0) is 128 Å². The van der Waals surface area contributed by atoms with Gasteiger partial charge in [0.25, 0.3) is 0 Å². The van der Waals surface area contributed by atoms with Gasteiger partial charge in [-0.2, -0.15) is 0 Å². The number of allylic oxidation sites excluding steroid dienone is 5. The van der Waals surface area contributed by atoms with Crippen molar-refractivity contribution in [3.05, 3.63) is 90.8 Å². The van der Waals surface area contributed by atoms with Crippen molar-refractivity contribution in [2.24, 2.45) is 45.2 Å². The summed E-state index contributed by atoms with van der Waals surface area (Å²) in [5, 5.41) is 0. The summed E-state index contributed by atoms with van der Waals surface area (Å²) in [7, 11) is 0. The quantitative estimate of drug-likeness (QED) is 0.126. The Labute approximate surface area is 303 Å². The van der Waals surface area contributed by atoms with E-state index in [-0.39, 0.29) is 23.7 Å². The number of aliphatic imine (C=N–C) groups is 1. The van der Waals surface area contributed by atoms with Crippen LogP contribution < -0.4 is 17.0 Å². The summed E-state index contributed by atoms with van der Waals surface area (Å²) in [5.41, 5.74) is 19.6. The average Bonchev–Trinajstić information content (AvgIpc) is 3.12. The van der Waals surface area contributed by atoms with Crippen molar-refractivity contribution in [1.82, 2.24) is 0 Å². The molecule has 5 unspecified atom stereocenters. The Bertz CT molecular complexity index is 1300. The lowest BCUT2D eigenvalue weighted by molar-refractivity contribution is 0.0569. The van der Waals surface area contributed by atoms with E-state index in [1.165, 1.54) is 74.6 Å². The first kappa shape index (κ1) is 44.2. The van der Waals surface area contributed by atoms with Gasteiger partial charge >= 0.3 is 0 Å². The zero-order valence-electron chi connectivity index (χ0n) is 32.3. The molecule has 0 aromatic heterocycles. The van der Waals surface area contributed by atoms with Crippen LogP contribution in [0.4, 0.5) is 5.69 Å². The predicted octanol–water partition coefficient (Wildman–Crippen LogP) is 12.8. The molecule has 49 heavy (non-hydrogen) atoms. The van der Waals surface area contributed by atoms with E-state index in [2.05, 4.69) is 83.7 Å². The summed E-state index contributed by atoms with van der Waals surface area (Å²) in [6, 6.07) is 6.78. The lowest BCUT2D eigenvalue weighted by Gasteiger charge is -2.59.